The Morgan fingerprint density at radius 2 is 1.96 bits per heavy atom. The minimum Gasteiger partial charge on any atom is -0.454 e. The van der Waals surface area contributed by atoms with Gasteiger partial charge in [0.25, 0.3) is 5.91 Å². The molecule has 0 aliphatic carbocycles. The zero-order chi connectivity index (χ0) is 18.0. The van der Waals surface area contributed by atoms with Gasteiger partial charge in [0.05, 0.1) is 5.02 Å². The second-order valence-electron chi connectivity index (χ2n) is 5.26. The van der Waals surface area contributed by atoms with Crippen LogP contribution >= 0.6 is 23.2 Å². The van der Waals surface area contributed by atoms with E-state index in [2.05, 4.69) is 5.32 Å². The number of nitrogens with one attached hydrogen (secondary N) is 1. The van der Waals surface area contributed by atoms with Crippen molar-refractivity contribution in [1.29, 1.82) is 5.26 Å². The van der Waals surface area contributed by atoms with Crippen molar-refractivity contribution in [3.05, 3.63) is 57.1 Å². The molecular formula is C18H12Cl2N2O3. The third-order valence-electron chi connectivity index (χ3n) is 3.67. The highest BCUT2D eigenvalue weighted by molar-refractivity contribution is 6.32. The number of nitriles is 1. The lowest BCUT2D eigenvalue weighted by Gasteiger charge is -2.09. The van der Waals surface area contributed by atoms with Gasteiger partial charge in [-0.2, -0.15) is 5.26 Å². The first-order valence-corrected chi connectivity index (χ1v) is 8.02. The van der Waals surface area contributed by atoms with Gasteiger partial charge in [0.1, 0.15) is 11.6 Å². The van der Waals surface area contributed by atoms with E-state index in [-0.39, 0.29) is 12.4 Å². The number of benzene rings is 2. The van der Waals surface area contributed by atoms with Crippen molar-refractivity contribution in [2.45, 2.75) is 6.92 Å². The van der Waals surface area contributed by atoms with Crippen molar-refractivity contribution in [3.63, 3.8) is 0 Å². The van der Waals surface area contributed by atoms with E-state index < -0.39 is 5.91 Å². The molecule has 0 fully saturated rings. The molecule has 0 radical (unpaired) electrons. The van der Waals surface area contributed by atoms with Crippen molar-refractivity contribution in [1.82, 2.24) is 0 Å². The van der Waals surface area contributed by atoms with E-state index in [4.69, 9.17) is 32.7 Å². The van der Waals surface area contributed by atoms with Gasteiger partial charge in [-0.25, -0.2) is 0 Å². The van der Waals surface area contributed by atoms with Crippen molar-refractivity contribution in [2.75, 3.05) is 12.1 Å². The number of amides is 1. The molecule has 25 heavy (non-hydrogen) atoms. The standard InChI is InChI=1S/C18H12Cl2N2O3/c1-10-13(19)3-2-4-15(10)22-18(23)12(8-21)5-11-6-16-17(7-14(11)20)25-9-24-16/h2-7H,9H2,1H3,(H,22,23)/b12-5+. The van der Waals surface area contributed by atoms with Crippen LogP contribution in [0.2, 0.25) is 10.0 Å². The van der Waals surface area contributed by atoms with Gasteiger partial charge in [-0.15, -0.1) is 0 Å². The number of hydrogen-bond donors (Lipinski definition) is 1. The summed E-state index contributed by atoms with van der Waals surface area (Å²) >= 11 is 12.2. The number of carbonyl (C=O) groups excluding carboxylic acids is 1. The molecule has 126 valence electrons. The molecule has 0 saturated carbocycles. The number of fused-ring (bicyclic) bond motifs is 1. The molecule has 1 aliphatic heterocycles. The van der Waals surface area contributed by atoms with E-state index >= 15 is 0 Å². The molecule has 2 aromatic carbocycles. The largest absolute Gasteiger partial charge is 0.454 e. The zero-order valence-electron chi connectivity index (χ0n) is 13.1. The molecule has 0 unspecified atom stereocenters. The van der Waals surface area contributed by atoms with Crippen molar-refractivity contribution in [3.8, 4) is 17.6 Å². The molecule has 1 amide bonds. The predicted molar refractivity (Wildman–Crippen MR) is 96.0 cm³/mol. The third kappa shape index (κ3) is 3.55. The Labute approximate surface area is 154 Å². The van der Waals surface area contributed by atoms with Gasteiger partial charge in [-0.05, 0) is 42.3 Å². The van der Waals surface area contributed by atoms with Gasteiger partial charge in [-0.3, -0.25) is 4.79 Å². The number of anilines is 1. The smallest absolute Gasteiger partial charge is 0.266 e. The first-order chi connectivity index (χ1) is 12.0. The molecule has 0 bridgehead atoms. The van der Waals surface area contributed by atoms with Crippen LogP contribution in [0.3, 0.4) is 0 Å². The molecule has 1 N–H and O–H groups in total. The summed E-state index contributed by atoms with van der Waals surface area (Å²) in [6.45, 7) is 1.89. The maximum atomic E-state index is 12.4. The maximum Gasteiger partial charge on any atom is 0.266 e. The number of halogens is 2. The van der Waals surface area contributed by atoms with Crippen LogP contribution in [0, 0.1) is 18.3 Å². The number of rotatable bonds is 3. The summed E-state index contributed by atoms with van der Waals surface area (Å²) in [5.41, 5.74) is 1.65. The molecule has 2 aromatic rings. The number of carbonyl (C=O) groups is 1. The molecule has 1 heterocycles. The van der Waals surface area contributed by atoms with Gasteiger partial charge < -0.3 is 14.8 Å². The quantitative estimate of drug-likeness (QED) is 0.630. The fourth-order valence-corrected chi connectivity index (χ4v) is 2.66. The lowest BCUT2D eigenvalue weighted by atomic mass is 10.1. The Bertz CT molecular complexity index is 933. The second-order valence-corrected chi connectivity index (χ2v) is 6.08. The minimum absolute atomic E-state index is 0.0971. The molecule has 5 nitrogen and oxygen atoms in total. The van der Waals surface area contributed by atoms with Crippen LogP contribution < -0.4 is 14.8 Å². The van der Waals surface area contributed by atoms with Crippen molar-refractivity contribution < 1.29 is 14.3 Å². The summed E-state index contributed by atoms with van der Waals surface area (Å²) in [4.78, 5) is 12.4. The monoisotopic (exact) mass is 374 g/mol. The average Bonchev–Trinajstić information content (AvgIpc) is 3.03. The molecule has 0 aromatic heterocycles. The van der Waals surface area contributed by atoms with Crippen LogP contribution in [0.15, 0.2) is 35.9 Å². The number of ether oxygens (including phenoxy) is 2. The summed E-state index contributed by atoms with van der Waals surface area (Å²) in [6.07, 6.45) is 1.40. The van der Waals surface area contributed by atoms with Gasteiger partial charge in [0, 0.05) is 16.8 Å². The molecule has 0 saturated heterocycles. The summed E-state index contributed by atoms with van der Waals surface area (Å²) in [5.74, 6) is 0.486. The molecule has 1 aliphatic rings. The maximum absolute atomic E-state index is 12.4. The lowest BCUT2D eigenvalue weighted by molar-refractivity contribution is -0.112. The molecule has 0 spiro atoms. The van der Waals surface area contributed by atoms with E-state index in [9.17, 15) is 10.1 Å². The molecule has 7 heteroatoms. The van der Waals surface area contributed by atoms with Gasteiger partial charge in [-0.1, -0.05) is 29.3 Å². The molecular weight excluding hydrogens is 363 g/mol. The van der Waals surface area contributed by atoms with Crippen LogP contribution in [0.5, 0.6) is 11.5 Å². The van der Waals surface area contributed by atoms with E-state index in [0.717, 1.165) is 5.56 Å². The molecule has 0 atom stereocenters. The summed E-state index contributed by atoms with van der Waals surface area (Å²) in [7, 11) is 0. The number of hydrogen-bond acceptors (Lipinski definition) is 4. The lowest BCUT2D eigenvalue weighted by Crippen LogP contribution is -2.14. The Hall–Kier alpha value is -2.68. The van der Waals surface area contributed by atoms with Gasteiger partial charge >= 0.3 is 0 Å². The van der Waals surface area contributed by atoms with E-state index in [0.29, 0.717) is 32.8 Å². The minimum atomic E-state index is -0.554. The van der Waals surface area contributed by atoms with E-state index in [1.165, 1.54) is 6.08 Å². The fourth-order valence-electron chi connectivity index (χ4n) is 2.28. The summed E-state index contributed by atoms with van der Waals surface area (Å²) in [5, 5.41) is 12.9. The normalized spacial score (nSPS) is 12.6. The van der Waals surface area contributed by atoms with Crippen LogP contribution in [0.4, 0.5) is 5.69 Å². The summed E-state index contributed by atoms with van der Waals surface area (Å²) < 4.78 is 10.5. The fraction of sp³-hybridized carbons (Fsp3) is 0.111. The SMILES string of the molecule is Cc1c(Cl)cccc1NC(=O)/C(C#N)=C/c1cc2c(cc1Cl)OCO2. The van der Waals surface area contributed by atoms with Crippen molar-refractivity contribution in [2.24, 2.45) is 0 Å². The number of nitrogens with zero attached hydrogens (tertiary/aromatic N) is 1. The highest BCUT2D eigenvalue weighted by atomic mass is 35.5. The van der Waals surface area contributed by atoms with Crippen LogP contribution in [-0.4, -0.2) is 12.7 Å². The van der Waals surface area contributed by atoms with Crippen LogP contribution in [0.1, 0.15) is 11.1 Å². The van der Waals surface area contributed by atoms with Gasteiger partial charge in [0.2, 0.25) is 6.79 Å². The Morgan fingerprint density at radius 1 is 1.24 bits per heavy atom. The first-order valence-electron chi connectivity index (χ1n) is 7.27. The van der Waals surface area contributed by atoms with E-state index in [1.807, 2.05) is 6.07 Å². The first kappa shape index (κ1) is 17.2. The Balaban J connectivity index is 1.89. The average molecular weight is 375 g/mol. The van der Waals surface area contributed by atoms with Gasteiger partial charge in [0.15, 0.2) is 11.5 Å². The summed E-state index contributed by atoms with van der Waals surface area (Å²) in [6, 6.07) is 10.2. The highest BCUT2D eigenvalue weighted by Gasteiger charge is 2.18. The highest BCUT2D eigenvalue weighted by Crippen LogP contribution is 2.37. The topological polar surface area (TPSA) is 71.4 Å². The predicted octanol–water partition coefficient (Wildman–Crippen LogP) is 4.58. The Kier molecular flexibility index (Phi) is 4.84. The van der Waals surface area contributed by atoms with E-state index in [1.54, 1.807) is 37.3 Å². The second kappa shape index (κ2) is 7.06. The Morgan fingerprint density at radius 3 is 2.68 bits per heavy atom. The third-order valence-corrected chi connectivity index (χ3v) is 4.41. The van der Waals surface area contributed by atoms with Crippen LogP contribution in [-0.2, 0) is 4.79 Å². The van der Waals surface area contributed by atoms with Crippen molar-refractivity contribution >= 4 is 40.9 Å². The zero-order valence-corrected chi connectivity index (χ0v) is 14.6. The molecule has 3 rings (SSSR count). The van der Waals surface area contributed by atoms with Crippen LogP contribution in [0.25, 0.3) is 6.08 Å².